The first-order valence-corrected chi connectivity index (χ1v) is 5.76. The maximum Gasteiger partial charge on any atom is 0.303 e. The van der Waals surface area contributed by atoms with Crippen molar-refractivity contribution in [2.45, 2.75) is 12.8 Å². The molecule has 0 aliphatic heterocycles. The van der Waals surface area contributed by atoms with E-state index in [1.54, 1.807) is 12.1 Å². The zero-order chi connectivity index (χ0) is 13.5. The third-order valence-electron chi connectivity index (χ3n) is 2.26. The smallest absolute Gasteiger partial charge is 0.303 e. The molecule has 0 heterocycles. The van der Waals surface area contributed by atoms with E-state index in [9.17, 15) is 9.59 Å². The van der Waals surface area contributed by atoms with E-state index in [-0.39, 0.29) is 12.3 Å². The fraction of sp³-hybridized carbons (Fsp3) is 0.333. The number of carbonyl (C=O) groups is 2. The van der Waals surface area contributed by atoms with E-state index < -0.39 is 5.97 Å². The van der Waals surface area contributed by atoms with Gasteiger partial charge in [-0.15, -0.1) is 0 Å². The van der Waals surface area contributed by atoms with Crippen LogP contribution in [-0.2, 0) is 4.79 Å². The van der Waals surface area contributed by atoms with Gasteiger partial charge in [0.05, 0.1) is 12.7 Å². The van der Waals surface area contributed by atoms with E-state index >= 15 is 0 Å². The van der Waals surface area contributed by atoms with Gasteiger partial charge < -0.3 is 15.2 Å². The zero-order valence-corrected chi connectivity index (χ0v) is 10.7. The van der Waals surface area contributed by atoms with Crippen molar-refractivity contribution in [3.05, 3.63) is 28.8 Å². The molecule has 0 saturated carbocycles. The molecule has 1 amide bonds. The van der Waals surface area contributed by atoms with E-state index in [0.29, 0.717) is 29.3 Å². The Morgan fingerprint density at radius 2 is 2.17 bits per heavy atom. The summed E-state index contributed by atoms with van der Waals surface area (Å²) in [7, 11) is 1.46. The molecule has 0 aromatic heterocycles. The van der Waals surface area contributed by atoms with Crippen LogP contribution in [0.4, 0.5) is 0 Å². The van der Waals surface area contributed by atoms with Gasteiger partial charge in [0.15, 0.2) is 0 Å². The third kappa shape index (κ3) is 4.25. The van der Waals surface area contributed by atoms with Crippen LogP contribution in [0.5, 0.6) is 5.75 Å². The number of amides is 1. The molecular weight excluding hydrogens is 258 g/mol. The normalized spacial score (nSPS) is 9.89. The van der Waals surface area contributed by atoms with Crippen LogP contribution in [0.1, 0.15) is 23.2 Å². The van der Waals surface area contributed by atoms with Gasteiger partial charge in [0.25, 0.3) is 5.91 Å². The second-order valence-corrected chi connectivity index (χ2v) is 4.03. The van der Waals surface area contributed by atoms with Crippen LogP contribution in [0.3, 0.4) is 0 Å². The van der Waals surface area contributed by atoms with Gasteiger partial charge in [0.2, 0.25) is 0 Å². The van der Waals surface area contributed by atoms with E-state index in [0.717, 1.165) is 0 Å². The lowest BCUT2D eigenvalue weighted by Crippen LogP contribution is -2.25. The van der Waals surface area contributed by atoms with Crippen molar-refractivity contribution < 1.29 is 19.4 Å². The van der Waals surface area contributed by atoms with Crippen molar-refractivity contribution in [1.29, 1.82) is 0 Å². The van der Waals surface area contributed by atoms with Gasteiger partial charge in [-0.25, -0.2) is 0 Å². The average Bonchev–Trinajstić information content (AvgIpc) is 2.34. The molecule has 5 nitrogen and oxygen atoms in total. The minimum absolute atomic E-state index is 0.0208. The molecule has 0 atom stereocenters. The third-order valence-corrected chi connectivity index (χ3v) is 2.49. The Balaban J connectivity index is 2.60. The van der Waals surface area contributed by atoms with Gasteiger partial charge in [-0.2, -0.15) is 0 Å². The Hall–Kier alpha value is -1.75. The van der Waals surface area contributed by atoms with E-state index in [1.807, 2.05) is 0 Å². The molecule has 0 aliphatic rings. The number of methoxy groups -OCH3 is 1. The summed E-state index contributed by atoms with van der Waals surface area (Å²) in [4.78, 5) is 22.1. The number of hydrogen-bond acceptors (Lipinski definition) is 3. The first-order chi connectivity index (χ1) is 8.54. The Labute approximate surface area is 110 Å². The monoisotopic (exact) mass is 271 g/mol. The van der Waals surface area contributed by atoms with Crippen LogP contribution in [0.2, 0.25) is 5.02 Å². The summed E-state index contributed by atoms with van der Waals surface area (Å²) < 4.78 is 5.05. The van der Waals surface area contributed by atoms with Crippen LogP contribution in [-0.4, -0.2) is 30.6 Å². The number of carboxylic acids is 1. The number of nitrogens with one attached hydrogen (secondary N) is 1. The Morgan fingerprint density at radius 1 is 1.44 bits per heavy atom. The first kappa shape index (κ1) is 14.3. The lowest BCUT2D eigenvalue weighted by molar-refractivity contribution is -0.137. The van der Waals surface area contributed by atoms with Crippen LogP contribution in [0.25, 0.3) is 0 Å². The number of aliphatic carboxylic acids is 1. The van der Waals surface area contributed by atoms with Gasteiger partial charge in [-0.1, -0.05) is 11.6 Å². The molecule has 0 saturated heterocycles. The fourth-order valence-electron chi connectivity index (χ4n) is 1.39. The summed E-state index contributed by atoms with van der Waals surface area (Å²) in [6.45, 7) is 0.292. The SMILES string of the molecule is COc1ccc(Cl)cc1C(=O)NCCCC(=O)O. The number of hydrogen-bond donors (Lipinski definition) is 2. The number of ether oxygens (including phenoxy) is 1. The molecule has 98 valence electrons. The molecule has 0 spiro atoms. The number of carboxylic acid groups (broad SMARTS) is 1. The molecule has 1 rings (SSSR count). The predicted molar refractivity (Wildman–Crippen MR) is 67.2 cm³/mol. The molecular formula is C12H14ClNO4. The van der Waals surface area contributed by atoms with Gasteiger partial charge in [-0.3, -0.25) is 9.59 Å². The lowest BCUT2D eigenvalue weighted by Gasteiger charge is -2.09. The molecule has 0 fully saturated rings. The summed E-state index contributed by atoms with van der Waals surface area (Å²) in [5.41, 5.74) is 0.334. The second kappa shape index (κ2) is 6.86. The molecule has 0 radical (unpaired) electrons. The van der Waals surface area contributed by atoms with Crippen LogP contribution in [0.15, 0.2) is 18.2 Å². The predicted octanol–water partition coefficient (Wildman–Crippen LogP) is 1.94. The largest absolute Gasteiger partial charge is 0.496 e. The number of rotatable bonds is 6. The van der Waals surface area contributed by atoms with Gasteiger partial charge in [-0.05, 0) is 24.6 Å². The second-order valence-electron chi connectivity index (χ2n) is 3.60. The molecule has 0 aliphatic carbocycles. The first-order valence-electron chi connectivity index (χ1n) is 5.38. The molecule has 2 N–H and O–H groups in total. The summed E-state index contributed by atoms with van der Waals surface area (Å²) in [5, 5.41) is 11.5. The fourth-order valence-corrected chi connectivity index (χ4v) is 1.57. The quantitative estimate of drug-likeness (QED) is 0.776. The Kier molecular flexibility index (Phi) is 5.45. The molecule has 1 aromatic carbocycles. The van der Waals surface area contributed by atoms with Crippen LogP contribution in [0, 0.1) is 0 Å². The lowest BCUT2D eigenvalue weighted by atomic mass is 10.2. The van der Waals surface area contributed by atoms with E-state index in [4.69, 9.17) is 21.4 Å². The number of benzene rings is 1. The van der Waals surface area contributed by atoms with Crippen molar-refractivity contribution in [3.8, 4) is 5.75 Å². The maximum atomic E-state index is 11.8. The average molecular weight is 272 g/mol. The van der Waals surface area contributed by atoms with Crippen molar-refractivity contribution >= 4 is 23.5 Å². The van der Waals surface area contributed by atoms with Crippen LogP contribution >= 0.6 is 11.6 Å². The minimum atomic E-state index is -0.885. The molecule has 18 heavy (non-hydrogen) atoms. The van der Waals surface area contributed by atoms with E-state index in [2.05, 4.69) is 5.32 Å². The Bertz CT molecular complexity index is 448. The highest BCUT2D eigenvalue weighted by molar-refractivity contribution is 6.31. The van der Waals surface area contributed by atoms with Crippen molar-refractivity contribution in [2.24, 2.45) is 0 Å². The highest BCUT2D eigenvalue weighted by atomic mass is 35.5. The highest BCUT2D eigenvalue weighted by Gasteiger charge is 2.12. The summed E-state index contributed by atoms with van der Waals surface area (Å²) in [6.07, 6.45) is 0.400. The van der Waals surface area contributed by atoms with Gasteiger partial charge in [0, 0.05) is 18.0 Å². The molecule has 6 heteroatoms. The molecule has 1 aromatic rings. The molecule has 0 unspecified atom stereocenters. The number of halogens is 1. The summed E-state index contributed by atoms with van der Waals surface area (Å²) in [6, 6.07) is 4.74. The zero-order valence-electron chi connectivity index (χ0n) is 9.90. The van der Waals surface area contributed by atoms with Crippen molar-refractivity contribution in [2.75, 3.05) is 13.7 Å². The maximum absolute atomic E-state index is 11.8. The minimum Gasteiger partial charge on any atom is -0.496 e. The van der Waals surface area contributed by atoms with Gasteiger partial charge in [0.1, 0.15) is 5.75 Å². The van der Waals surface area contributed by atoms with E-state index in [1.165, 1.54) is 13.2 Å². The topological polar surface area (TPSA) is 75.6 Å². The number of carbonyl (C=O) groups excluding carboxylic acids is 1. The summed E-state index contributed by atoms with van der Waals surface area (Å²) in [5.74, 6) is -0.792. The van der Waals surface area contributed by atoms with Gasteiger partial charge >= 0.3 is 5.97 Å². The molecule has 0 bridgehead atoms. The Morgan fingerprint density at radius 3 is 2.78 bits per heavy atom. The standard InChI is InChI=1S/C12H14ClNO4/c1-18-10-5-4-8(13)7-9(10)12(17)14-6-2-3-11(15)16/h4-5,7H,2-3,6H2,1H3,(H,14,17)(H,15,16). The summed E-state index contributed by atoms with van der Waals surface area (Å²) >= 11 is 5.81. The van der Waals surface area contributed by atoms with Crippen LogP contribution < -0.4 is 10.1 Å². The van der Waals surface area contributed by atoms with Crippen molar-refractivity contribution in [3.63, 3.8) is 0 Å². The highest BCUT2D eigenvalue weighted by Crippen LogP contribution is 2.22. The van der Waals surface area contributed by atoms with Crippen molar-refractivity contribution in [1.82, 2.24) is 5.32 Å².